The molecular weight excluding hydrogens is 206 g/mol. The van der Waals surface area contributed by atoms with Crippen molar-refractivity contribution < 1.29 is 4.74 Å². The molecule has 1 rings (SSSR count). The molecule has 0 aliphatic heterocycles. The number of thioether (sulfide) groups is 1. The molecule has 1 N–H and O–H groups in total. The van der Waals surface area contributed by atoms with Gasteiger partial charge in [-0.05, 0) is 30.9 Å². The first-order chi connectivity index (χ1) is 7.27. The molecule has 0 unspecified atom stereocenters. The summed E-state index contributed by atoms with van der Waals surface area (Å²) in [6, 6.07) is 9.06. The summed E-state index contributed by atoms with van der Waals surface area (Å²) in [4.78, 5) is 1.31. The van der Waals surface area contributed by atoms with Crippen molar-refractivity contribution in [3.8, 4) is 0 Å². The maximum atomic E-state index is 5.00. The van der Waals surface area contributed by atoms with Gasteiger partial charge in [-0.2, -0.15) is 0 Å². The predicted molar refractivity (Wildman–Crippen MR) is 66.5 cm³/mol. The van der Waals surface area contributed by atoms with Crippen LogP contribution in [0.4, 0.5) is 0 Å². The summed E-state index contributed by atoms with van der Waals surface area (Å²) in [7, 11) is 1.72. The second-order valence-electron chi connectivity index (χ2n) is 3.44. The lowest BCUT2D eigenvalue weighted by atomic mass is 10.1. The summed E-state index contributed by atoms with van der Waals surface area (Å²) in [6.07, 6.45) is 2.09. The van der Waals surface area contributed by atoms with Gasteiger partial charge >= 0.3 is 0 Å². The highest BCUT2D eigenvalue weighted by atomic mass is 32.2. The van der Waals surface area contributed by atoms with E-state index >= 15 is 0 Å². The molecule has 0 aromatic heterocycles. The van der Waals surface area contributed by atoms with Crippen LogP contribution in [-0.2, 0) is 4.74 Å². The fourth-order valence-electron chi connectivity index (χ4n) is 1.39. The van der Waals surface area contributed by atoms with Gasteiger partial charge in [-0.3, -0.25) is 0 Å². The molecule has 84 valence electrons. The first-order valence-electron chi connectivity index (χ1n) is 5.14. The molecule has 15 heavy (non-hydrogen) atoms. The Labute approximate surface area is 96.4 Å². The Bertz CT molecular complexity index is 273. The zero-order valence-electron chi connectivity index (χ0n) is 9.62. The van der Waals surface area contributed by atoms with Gasteiger partial charge in [-0.15, -0.1) is 11.8 Å². The van der Waals surface area contributed by atoms with Crippen LogP contribution in [0.1, 0.15) is 18.5 Å². The Balaban J connectivity index is 2.46. The minimum atomic E-state index is 0.385. The lowest BCUT2D eigenvalue weighted by molar-refractivity contribution is 0.196. The van der Waals surface area contributed by atoms with Crippen LogP contribution < -0.4 is 5.32 Å². The summed E-state index contributed by atoms with van der Waals surface area (Å²) in [5.74, 6) is 0. The highest BCUT2D eigenvalue weighted by molar-refractivity contribution is 7.98. The third-order valence-electron chi connectivity index (χ3n) is 2.37. The van der Waals surface area contributed by atoms with Gasteiger partial charge in [-0.1, -0.05) is 12.1 Å². The number of rotatable bonds is 6. The lowest BCUT2D eigenvalue weighted by Gasteiger charge is -2.14. The van der Waals surface area contributed by atoms with Crippen LogP contribution in [0.15, 0.2) is 29.2 Å². The predicted octanol–water partition coefficient (Wildman–Crippen LogP) is 2.71. The third-order valence-corrected chi connectivity index (χ3v) is 3.12. The molecule has 1 aromatic carbocycles. The normalized spacial score (nSPS) is 12.7. The van der Waals surface area contributed by atoms with E-state index < -0.39 is 0 Å². The third kappa shape index (κ3) is 4.24. The molecule has 1 atom stereocenters. The monoisotopic (exact) mass is 225 g/mol. The standard InChI is InChI=1S/C12H19NOS/c1-10(13-8-9-14-2)11-4-6-12(15-3)7-5-11/h4-7,10,13H,8-9H2,1-3H3/t10-/m1/s1. The molecule has 0 bridgehead atoms. The summed E-state index contributed by atoms with van der Waals surface area (Å²) in [5, 5.41) is 3.41. The van der Waals surface area contributed by atoms with Crippen molar-refractivity contribution in [2.75, 3.05) is 26.5 Å². The number of benzene rings is 1. The molecular formula is C12H19NOS. The number of nitrogens with one attached hydrogen (secondary N) is 1. The van der Waals surface area contributed by atoms with Crippen molar-refractivity contribution in [3.63, 3.8) is 0 Å². The molecule has 0 radical (unpaired) electrons. The zero-order chi connectivity index (χ0) is 11.1. The van der Waals surface area contributed by atoms with E-state index in [0.29, 0.717) is 6.04 Å². The van der Waals surface area contributed by atoms with Crippen molar-refractivity contribution in [3.05, 3.63) is 29.8 Å². The van der Waals surface area contributed by atoms with E-state index in [0.717, 1.165) is 13.2 Å². The zero-order valence-corrected chi connectivity index (χ0v) is 10.4. The van der Waals surface area contributed by atoms with Crippen LogP contribution in [-0.4, -0.2) is 26.5 Å². The maximum absolute atomic E-state index is 5.00. The van der Waals surface area contributed by atoms with Crippen molar-refractivity contribution in [2.45, 2.75) is 17.9 Å². The molecule has 0 saturated carbocycles. The van der Waals surface area contributed by atoms with E-state index in [2.05, 4.69) is 42.8 Å². The quantitative estimate of drug-likeness (QED) is 0.594. The maximum Gasteiger partial charge on any atom is 0.0587 e. The Morgan fingerprint density at radius 1 is 1.33 bits per heavy atom. The number of hydrogen-bond acceptors (Lipinski definition) is 3. The molecule has 3 heteroatoms. The Hall–Kier alpha value is -0.510. The topological polar surface area (TPSA) is 21.3 Å². The number of ether oxygens (including phenoxy) is 1. The molecule has 0 heterocycles. The van der Waals surface area contributed by atoms with Gasteiger partial charge in [0.15, 0.2) is 0 Å². The number of methoxy groups -OCH3 is 1. The smallest absolute Gasteiger partial charge is 0.0587 e. The van der Waals surface area contributed by atoms with Crippen molar-refractivity contribution in [1.29, 1.82) is 0 Å². The lowest BCUT2D eigenvalue weighted by Crippen LogP contribution is -2.22. The van der Waals surface area contributed by atoms with Gasteiger partial charge in [0.05, 0.1) is 6.61 Å². The summed E-state index contributed by atoms with van der Waals surface area (Å²) >= 11 is 1.77. The van der Waals surface area contributed by atoms with Crippen molar-refractivity contribution >= 4 is 11.8 Å². The summed E-state index contributed by atoms with van der Waals surface area (Å²) in [5.41, 5.74) is 1.32. The van der Waals surface area contributed by atoms with Crippen LogP contribution in [0.3, 0.4) is 0 Å². The van der Waals surface area contributed by atoms with E-state index in [4.69, 9.17) is 4.74 Å². The molecule has 2 nitrogen and oxygen atoms in total. The summed E-state index contributed by atoms with van der Waals surface area (Å²) < 4.78 is 5.00. The Morgan fingerprint density at radius 2 is 2.00 bits per heavy atom. The highest BCUT2D eigenvalue weighted by Gasteiger charge is 2.03. The summed E-state index contributed by atoms with van der Waals surface area (Å²) in [6.45, 7) is 3.82. The van der Waals surface area contributed by atoms with E-state index in [1.807, 2.05) is 0 Å². The van der Waals surface area contributed by atoms with E-state index in [1.54, 1.807) is 18.9 Å². The van der Waals surface area contributed by atoms with Crippen LogP contribution in [0, 0.1) is 0 Å². The fraction of sp³-hybridized carbons (Fsp3) is 0.500. The molecule has 0 aliphatic rings. The second kappa shape index (κ2) is 6.88. The van der Waals surface area contributed by atoms with Gasteiger partial charge < -0.3 is 10.1 Å². The molecule has 0 aliphatic carbocycles. The van der Waals surface area contributed by atoms with Gasteiger partial charge in [0.25, 0.3) is 0 Å². The molecule has 0 fully saturated rings. The van der Waals surface area contributed by atoms with Crippen molar-refractivity contribution in [1.82, 2.24) is 5.32 Å². The first kappa shape index (κ1) is 12.6. The number of hydrogen-bond donors (Lipinski definition) is 1. The van der Waals surface area contributed by atoms with E-state index in [1.165, 1.54) is 10.5 Å². The second-order valence-corrected chi connectivity index (χ2v) is 4.32. The van der Waals surface area contributed by atoms with Gasteiger partial charge in [0.2, 0.25) is 0 Å². The van der Waals surface area contributed by atoms with E-state index in [9.17, 15) is 0 Å². The molecule has 1 aromatic rings. The van der Waals surface area contributed by atoms with Gasteiger partial charge in [0, 0.05) is 24.6 Å². The average molecular weight is 225 g/mol. The van der Waals surface area contributed by atoms with E-state index in [-0.39, 0.29) is 0 Å². The minimum absolute atomic E-state index is 0.385. The van der Waals surface area contributed by atoms with Crippen LogP contribution in [0.25, 0.3) is 0 Å². The largest absolute Gasteiger partial charge is 0.383 e. The van der Waals surface area contributed by atoms with Crippen LogP contribution in [0.5, 0.6) is 0 Å². The molecule has 0 saturated heterocycles. The SMILES string of the molecule is COCCN[C@H](C)c1ccc(SC)cc1. The minimum Gasteiger partial charge on any atom is -0.383 e. The van der Waals surface area contributed by atoms with Gasteiger partial charge in [-0.25, -0.2) is 0 Å². The average Bonchev–Trinajstić information content (AvgIpc) is 2.29. The highest BCUT2D eigenvalue weighted by Crippen LogP contribution is 2.18. The molecule has 0 amide bonds. The Morgan fingerprint density at radius 3 is 2.53 bits per heavy atom. The van der Waals surface area contributed by atoms with Crippen LogP contribution >= 0.6 is 11.8 Å². The Kier molecular flexibility index (Phi) is 5.76. The van der Waals surface area contributed by atoms with Crippen LogP contribution in [0.2, 0.25) is 0 Å². The fourth-order valence-corrected chi connectivity index (χ4v) is 1.80. The molecule has 0 spiro atoms. The van der Waals surface area contributed by atoms with Crippen molar-refractivity contribution in [2.24, 2.45) is 0 Å². The van der Waals surface area contributed by atoms with Gasteiger partial charge in [0.1, 0.15) is 0 Å². The first-order valence-corrected chi connectivity index (χ1v) is 6.36.